The number of esters is 1. The summed E-state index contributed by atoms with van der Waals surface area (Å²) < 4.78 is 19.5. The van der Waals surface area contributed by atoms with Gasteiger partial charge in [0.05, 0.1) is 24.4 Å². The number of halogens is 1. The molecule has 20 heavy (non-hydrogen) atoms. The van der Waals surface area contributed by atoms with E-state index in [4.69, 9.17) is 4.74 Å². The minimum absolute atomic E-state index is 0.293. The van der Waals surface area contributed by atoms with Gasteiger partial charge in [-0.1, -0.05) is 0 Å². The Morgan fingerprint density at radius 1 is 1.30 bits per heavy atom. The van der Waals surface area contributed by atoms with Gasteiger partial charge in [-0.15, -0.1) is 0 Å². The van der Waals surface area contributed by atoms with Crippen LogP contribution in [0, 0.1) is 19.7 Å². The van der Waals surface area contributed by atoms with Gasteiger partial charge in [-0.2, -0.15) is 5.10 Å². The molecule has 1 unspecified atom stereocenters. The molecular formula is C15H17FN2O2. The van der Waals surface area contributed by atoms with Crippen LogP contribution in [0.5, 0.6) is 0 Å². The van der Waals surface area contributed by atoms with Gasteiger partial charge in [-0.05, 0) is 45.0 Å². The Kier molecular flexibility index (Phi) is 3.88. The van der Waals surface area contributed by atoms with E-state index in [1.807, 2.05) is 13.8 Å². The fraction of sp³-hybridized carbons (Fsp3) is 0.333. The molecule has 0 fully saturated rings. The van der Waals surface area contributed by atoms with Crippen molar-refractivity contribution in [3.05, 3.63) is 47.0 Å². The molecule has 1 heterocycles. The van der Waals surface area contributed by atoms with Crippen molar-refractivity contribution < 1.29 is 13.9 Å². The van der Waals surface area contributed by atoms with Crippen molar-refractivity contribution in [2.24, 2.45) is 0 Å². The number of carbonyl (C=O) groups is 1. The molecule has 0 aliphatic rings. The number of nitrogens with zero attached hydrogens (tertiary/aromatic N) is 2. The van der Waals surface area contributed by atoms with E-state index in [1.165, 1.54) is 19.2 Å². The average molecular weight is 276 g/mol. The Hall–Kier alpha value is -2.17. The summed E-state index contributed by atoms with van der Waals surface area (Å²) in [5.41, 5.74) is 3.23. The van der Waals surface area contributed by atoms with Crippen LogP contribution in [0.3, 0.4) is 0 Å². The van der Waals surface area contributed by atoms with Crippen molar-refractivity contribution >= 4 is 5.97 Å². The predicted molar refractivity (Wildman–Crippen MR) is 73.4 cm³/mol. The smallest absolute Gasteiger partial charge is 0.312 e. The summed E-state index contributed by atoms with van der Waals surface area (Å²) in [5, 5.41) is 4.43. The maximum absolute atomic E-state index is 13.0. The highest BCUT2D eigenvalue weighted by atomic mass is 19.1. The zero-order valence-electron chi connectivity index (χ0n) is 12.0. The summed E-state index contributed by atoms with van der Waals surface area (Å²) in [5.74, 6) is -0.970. The van der Waals surface area contributed by atoms with E-state index in [1.54, 1.807) is 23.7 Å². The second-order valence-electron chi connectivity index (χ2n) is 4.72. The van der Waals surface area contributed by atoms with Crippen LogP contribution in [0.25, 0.3) is 5.69 Å². The molecule has 4 nitrogen and oxygen atoms in total. The standard InChI is InChI=1S/C15H17FN2O2/c1-9(15(19)20-4)14-10(2)17-18(11(14)3)13-7-5-12(16)6-8-13/h5-9H,1-4H3. The lowest BCUT2D eigenvalue weighted by molar-refractivity contribution is -0.142. The van der Waals surface area contributed by atoms with Crippen LogP contribution < -0.4 is 0 Å². The van der Waals surface area contributed by atoms with Gasteiger partial charge in [0.25, 0.3) is 0 Å². The number of methoxy groups -OCH3 is 1. The number of carbonyl (C=O) groups excluding carboxylic acids is 1. The minimum atomic E-state index is -0.380. The molecule has 2 aromatic rings. The van der Waals surface area contributed by atoms with E-state index in [-0.39, 0.29) is 17.7 Å². The molecule has 0 aliphatic carbocycles. The fourth-order valence-electron chi connectivity index (χ4n) is 2.41. The molecule has 5 heteroatoms. The second-order valence-corrected chi connectivity index (χ2v) is 4.72. The van der Waals surface area contributed by atoms with Crippen LogP contribution in [0.2, 0.25) is 0 Å². The molecule has 106 valence electrons. The molecule has 1 atom stereocenters. The lowest BCUT2D eigenvalue weighted by atomic mass is 9.99. The van der Waals surface area contributed by atoms with Crippen molar-refractivity contribution in [3.63, 3.8) is 0 Å². The highest BCUT2D eigenvalue weighted by Gasteiger charge is 2.24. The largest absolute Gasteiger partial charge is 0.469 e. The molecule has 0 aliphatic heterocycles. The molecule has 0 N–H and O–H groups in total. The van der Waals surface area contributed by atoms with Gasteiger partial charge in [-0.25, -0.2) is 9.07 Å². The summed E-state index contributed by atoms with van der Waals surface area (Å²) in [6.07, 6.45) is 0. The van der Waals surface area contributed by atoms with E-state index in [0.717, 1.165) is 22.6 Å². The molecule has 1 aromatic heterocycles. The Morgan fingerprint density at radius 2 is 1.90 bits per heavy atom. The van der Waals surface area contributed by atoms with Crippen molar-refractivity contribution in [1.82, 2.24) is 9.78 Å². The summed E-state index contributed by atoms with van der Waals surface area (Å²) >= 11 is 0. The fourth-order valence-corrected chi connectivity index (χ4v) is 2.41. The predicted octanol–water partition coefficient (Wildman–Crippen LogP) is 2.90. The maximum atomic E-state index is 13.0. The molecule has 0 saturated heterocycles. The third-order valence-electron chi connectivity index (χ3n) is 3.41. The van der Waals surface area contributed by atoms with Crippen LogP contribution in [0.1, 0.15) is 29.8 Å². The van der Waals surface area contributed by atoms with Crippen LogP contribution >= 0.6 is 0 Å². The molecule has 1 aromatic carbocycles. The third kappa shape index (κ3) is 2.43. The lowest BCUT2D eigenvalue weighted by Gasteiger charge is -2.10. The van der Waals surface area contributed by atoms with Crippen molar-refractivity contribution in [1.29, 1.82) is 0 Å². The maximum Gasteiger partial charge on any atom is 0.312 e. The number of hydrogen-bond donors (Lipinski definition) is 0. The topological polar surface area (TPSA) is 44.1 Å². The minimum Gasteiger partial charge on any atom is -0.469 e. The Morgan fingerprint density at radius 3 is 2.45 bits per heavy atom. The van der Waals surface area contributed by atoms with Gasteiger partial charge in [-0.3, -0.25) is 4.79 Å². The van der Waals surface area contributed by atoms with Crippen LogP contribution in [0.4, 0.5) is 4.39 Å². The third-order valence-corrected chi connectivity index (χ3v) is 3.41. The zero-order valence-corrected chi connectivity index (χ0v) is 12.0. The van der Waals surface area contributed by atoms with Gasteiger partial charge in [0.1, 0.15) is 5.82 Å². The summed E-state index contributed by atoms with van der Waals surface area (Å²) in [7, 11) is 1.37. The first-order valence-corrected chi connectivity index (χ1v) is 6.35. The molecule has 0 spiro atoms. The second kappa shape index (κ2) is 5.45. The van der Waals surface area contributed by atoms with Crippen molar-refractivity contribution in [3.8, 4) is 5.69 Å². The SMILES string of the molecule is COC(=O)C(C)c1c(C)nn(-c2ccc(F)cc2)c1C. The number of benzene rings is 1. The normalized spacial score (nSPS) is 12.2. The van der Waals surface area contributed by atoms with Crippen LogP contribution in [-0.2, 0) is 9.53 Å². The molecule has 0 bridgehead atoms. The first-order chi connectivity index (χ1) is 9.45. The van der Waals surface area contributed by atoms with E-state index in [2.05, 4.69) is 5.10 Å². The number of rotatable bonds is 3. The van der Waals surface area contributed by atoms with Gasteiger partial charge in [0.15, 0.2) is 0 Å². The Bertz CT molecular complexity index is 632. The Labute approximate surface area is 117 Å². The number of ether oxygens (including phenoxy) is 1. The monoisotopic (exact) mass is 276 g/mol. The first kappa shape index (κ1) is 14.2. The van der Waals surface area contributed by atoms with Crippen LogP contribution in [-0.4, -0.2) is 22.9 Å². The van der Waals surface area contributed by atoms with E-state index in [9.17, 15) is 9.18 Å². The number of aromatic nitrogens is 2. The van der Waals surface area contributed by atoms with Gasteiger partial charge < -0.3 is 4.74 Å². The number of aryl methyl sites for hydroxylation is 1. The molecular weight excluding hydrogens is 259 g/mol. The first-order valence-electron chi connectivity index (χ1n) is 6.35. The van der Waals surface area contributed by atoms with E-state index in [0.29, 0.717) is 0 Å². The molecule has 2 rings (SSSR count). The highest BCUT2D eigenvalue weighted by molar-refractivity contribution is 5.78. The Balaban J connectivity index is 2.48. The zero-order chi connectivity index (χ0) is 14.9. The number of hydrogen-bond acceptors (Lipinski definition) is 3. The molecule has 0 saturated carbocycles. The summed E-state index contributed by atoms with van der Waals surface area (Å²) in [6, 6.07) is 6.08. The van der Waals surface area contributed by atoms with E-state index < -0.39 is 0 Å². The molecule has 0 radical (unpaired) electrons. The van der Waals surface area contributed by atoms with Gasteiger partial charge >= 0.3 is 5.97 Å². The summed E-state index contributed by atoms with van der Waals surface area (Å²) in [4.78, 5) is 11.7. The van der Waals surface area contributed by atoms with Crippen molar-refractivity contribution in [2.45, 2.75) is 26.7 Å². The van der Waals surface area contributed by atoms with Gasteiger partial charge in [0.2, 0.25) is 0 Å². The van der Waals surface area contributed by atoms with E-state index >= 15 is 0 Å². The molecule has 0 amide bonds. The van der Waals surface area contributed by atoms with Crippen molar-refractivity contribution in [2.75, 3.05) is 7.11 Å². The lowest BCUT2D eigenvalue weighted by Crippen LogP contribution is -2.12. The van der Waals surface area contributed by atoms with Gasteiger partial charge in [0, 0.05) is 11.3 Å². The average Bonchev–Trinajstić information content (AvgIpc) is 2.73. The summed E-state index contributed by atoms with van der Waals surface area (Å²) in [6.45, 7) is 5.53. The van der Waals surface area contributed by atoms with Crippen LogP contribution in [0.15, 0.2) is 24.3 Å². The highest BCUT2D eigenvalue weighted by Crippen LogP contribution is 2.26. The quantitative estimate of drug-likeness (QED) is 0.810.